The van der Waals surface area contributed by atoms with E-state index in [1.165, 1.54) is 0 Å². The fraction of sp³-hybridized carbons (Fsp3) is 0.450. The standard InChI is InChI=1S/C20H25NO3/c22-15-16-6-4-12-21(14-16)20(23)11-5-13-24-19-10-3-8-17-7-1-2-9-18(17)19/h1-3,7-10,16,22H,4-6,11-15H2. The highest BCUT2D eigenvalue weighted by Crippen LogP contribution is 2.25. The number of ether oxygens (including phenoxy) is 1. The monoisotopic (exact) mass is 327 g/mol. The van der Waals surface area contributed by atoms with Crippen molar-refractivity contribution < 1.29 is 14.6 Å². The number of piperidine rings is 1. The molecule has 0 aromatic heterocycles. The maximum atomic E-state index is 12.3. The summed E-state index contributed by atoms with van der Waals surface area (Å²) in [6.07, 6.45) is 3.22. The highest BCUT2D eigenvalue weighted by molar-refractivity contribution is 5.88. The lowest BCUT2D eigenvalue weighted by Crippen LogP contribution is -2.40. The average Bonchev–Trinajstić information content (AvgIpc) is 2.65. The van der Waals surface area contributed by atoms with Crippen molar-refractivity contribution >= 4 is 16.7 Å². The Labute approximate surface area is 143 Å². The second kappa shape index (κ2) is 8.15. The molecular weight excluding hydrogens is 302 g/mol. The highest BCUT2D eigenvalue weighted by atomic mass is 16.5. The lowest BCUT2D eigenvalue weighted by molar-refractivity contribution is -0.133. The minimum Gasteiger partial charge on any atom is -0.493 e. The van der Waals surface area contributed by atoms with E-state index in [-0.39, 0.29) is 18.4 Å². The molecule has 128 valence electrons. The lowest BCUT2D eigenvalue weighted by Gasteiger charge is -2.31. The van der Waals surface area contributed by atoms with Gasteiger partial charge in [-0.05, 0) is 36.6 Å². The van der Waals surface area contributed by atoms with E-state index in [1.807, 2.05) is 29.2 Å². The van der Waals surface area contributed by atoms with E-state index in [0.717, 1.165) is 35.9 Å². The number of rotatable bonds is 6. The molecule has 0 spiro atoms. The molecule has 1 N–H and O–H groups in total. The zero-order valence-electron chi connectivity index (χ0n) is 14.0. The van der Waals surface area contributed by atoms with Gasteiger partial charge in [-0.15, -0.1) is 0 Å². The van der Waals surface area contributed by atoms with Crippen molar-refractivity contribution in [1.29, 1.82) is 0 Å². The number of hydrogen-bond donors (Lipinski definition) is 1. The number of amides is 1. The first-order valence-corrected chi connectivity index (χ1v) is 8.77. The van der Waals surface area contributed by atoms with E-state index < -0.39 is 0 Å². The molecule has 1 atom stereocenters. The van der Waals surface area contributed by atoms with Crippen molar-refractivity contribution in [2.24, 2.45) is 5.92 Å². The third kappa shape index (κ3) is 4.06. The zero-order valence-corrected chi connectivity index (χ0v) is 14.0. The predicted octanol–water partition coefficient (Wildman–Crippen LogP) is 3.23. The molecule has 2 aromatic carbocycles. The number of hydrogen-bond acceptors (Lipinski definition) is 3. The van der Waals surface area contributed by atoms with E-state index in [9.17, 15) is 9.90 Å². The third-order valence-electron chi connectivity index (χ3n) is 4.67. The van der Waals surface area contributed by atoms with Gasteiger partial charge in [0, 0.05) is 31.5 Å². The lowest BCUT2D eigenvalue weighted by atomic mass is 9.99. The largest absolute Gasteiger partial charge is 0.493 e. The quantitative estimate of drug-likeness (QED) is 0.829. The first-order chi connectivity index (χ1) is 11.8. The first kappa shape index (κ1) is 16.8. The van der Waals surface area contributed by atoms with Crippen molar-refractivity contribution in [3.8, 4) is 5.75 Å². The van der Waals surface area contributed by atoms with Crippen LogP contribution in [-0.4, -0.2) is 42.2 Å². The number of benzene rings is 2. The Kier molecular flexibility index (Phi) is 5.70. The molecule has 0 bridgehead atoms. The first-order valence-electron chi connectivity index (χ1n) is 8.77. The van der Waals surface area contributed by atoms with Gasteiger partial charge in [0.25, 0.3) is 0 Å². The topological polar surface area (TPSA) is 49.8 Å². The fourth-order valence-corrected chi connectivity index (χ4v) is 3.33. The molecular formula is C20H25NO3. The van der Waals surface area contributed by atoms with Gasteiger partial charge in [0.1, 0.15) is 5.75 Å². The summed E-state index contributed by atoms with van der Waals surface area (Å²) < 4.78 is 5.89. The number of carbonyl (C=O) groups is 1. The third-order valence-corrected chi connectivity index (χ3v) is 4.67. The zero-order chi connectivity index (χ0) is 16.8. The predicted molar refractivity (Wildman–Crippen MR) is 95.1 cm³/mol. The van der Waals surface area contributed by atoms with Gasteiger partial charge < -0.3 is 14.7 Å². The summed E-state index contributed by atoms with van der Waals surface area (Å²) in [5.74, 6) is 1.29. The number of fused-ring (bicyclic) bond motifs is 1. The van der Waals surface area contributed by atoms with Crippen LogP contribution < -0.4 is 4.74 Å². The van der Waals surface area contributed by atoms with E-state index in [2.05, 4.69) is 18.2 Å². The summed E-state index contributed by atoms with van der Waals surface area (Å²) >= 11 is 0. The second-order valence-electron chi connectivity index (χ2n) is 6.46. The Morgan fingerprint density at radius 1 is 1.21 bits per heavy atom. The molecule has 3 rings (SSSR count). The molecule has 1 aliphatic rings. The van der Waals surface area contributed by atoms with Crippen molar-refractivity contribution in [2.75, 3.05) is 26.3 Å². The van der Waals surface area contributed by atoms with E-state index in [4.69, 9.17) is 4.74 Å². The number of carbonyl (C=O) groups excluding carboxylic acids is 1. The smallest absolute Gasteiger partial charge is 0.222 e. The minimum atomic E-state index is 0.175. The van der Waals surface area contributed by atoms with Crippen LogP contribution in [0.15, 0.2) is 42.5 Å². The van der Waals surface area contributed by atoms with Crippen LogP contribution in [0, 0.1) is 5.92 Å². The maximum Gasteiger partial charge on any atom is 0.222 e. The van der Waals surface area contributed by atoms with Crippen LogP contribution in [0.4, 0.5) is 0 Å². The van der Waals surface area contributed by atoms with E-state index in [1.54, 1.807) is 0 Å². The van der Waals surface area contributed by atoms with Crippen molar-refractivity contribution in [1.82, 2.24) is 4.90 Å². The molecule has 0 aliphatic carbocycles. The van der Waals surface area contributed by atoms with Crippen LogP contribution in [-0.2, 0) is 4.79 Å². The molecule has 4 heteroatoms. The van der Waals surface area contributed by atoms with Gasteiger partial charge in [0.2, 0.25) is 5.91 Å². The molecule has 1 saturated heterocycles. The number of likely N-dealkylation sites (tertiary alicyclic amines) is 1. The Bertz CT molecular complexity index is 680. The van der Waals surface area contributed by atoms with Crippen molar-refractivity contribution in [3.05, 3.63) is 42.5 Å². The van der Waals surface area contributed by atoms with Gasteiger partial charge in [-0.2, -0.15) is 0 Å². The summed E-state index contributed by atoms with van der Waals surface area (Å²) in [7, 11) is 0. The van der Waals surface area contributed by atoms with Crippen molar-refractivity contribution in [3.63, 3.8) is 0 Å². The van der Waals surface area contributed by atoms with Crippen LogP contribution >= 0.6 is 0 Å². The molecule has 1 aliphatic heterocycles. The number of aliphatic hydroxyl groups is 1. The SMILES string of the molecule is O=C(CCCOc1cccc2ccccc12)N1CCCC(CO)C1. The number of aliphatic hydroxyl groups excluding tert-OH is 1. The average molecular weight is 327 g/mol. The summed E-state index contributed by atoms with van der Waals surface area (Å²) in [6.45, 7) is 2.23. The number of nitrogens with zero attached hydrogens (tertiary/aromatic N) is 1. The molecule has 24 heavy (non-hydrogen) atoms. The molecule has 0 saturated carbocycles. The Hall–Kier alpha value is -2.07. The van der Waals surface area contributed by atoms with Crippen LogP contribution in [0.3, 0.4) is 0 Å². The summed E-state index contributed by atoms with van der Waals surface area (Å²) in [4.78, 5) is 14.2. The Balaban J connectivity index is 1.47. The molecule has 4 nitrogen and oxygen atoms in total. The second-order valence-corrected chi connectivity index (χ2v) is 6.46. The molecule has 1 heterocycles. The minimum absolute atomic E-state index is 0.175. The normalized spacial score (nSPS) is 17.9. The van der Waals surface area contributed by atoms with Crippen LogP contribution in [0.1, 0.15) is 25.7 Å². The summed E-state index contributed by atoms with van der Waals surface area (Å²) in [5, 5.41) is 11.5. The molecule has 1 fully saturated rings. The van der Waals surface area contributed by atoms with E-state index >= 15 is 0 Å². The van der Waals surface area contributed by atoms with E-state index in [0.29, 0.717) is 26.0 Å². The fourth-order valence-electron chi connectivity index (χ4n) is 3.33. The van der Waals surface area contributed by atoms with Crippen LogP contribution in [0.25, 0.3) is 10.8 Å². The molecule has 2 aromatic rings. The molecule has 1 amide bonds. The Morgan fingerprint density at radius 3 is 2.92 bits per heavy atom. The molecule has 1 unspecified atom stereocenters. The van der Waals surface area contributed by atoms with Gasteiger partial charge in [0.15, 0.2) is 0 Å². The van der Waals surface area contributed by atoms with Crippen LogP contribution in [0.2, 0.25) is 0 Å². The summed E-state index contributed by atoms with van der Waals surface area (Å²) in [6, 6.07) is 14.2. The maximum absolute atomic E-state index is 12.3. The van der Waals surface area contributed by atoms with Crippen molar-refractivity contribution in [2.45, 2.75) is 25.7 Å². The van der Waals surface area contributed by atoms with Gasteiger partial charge in [0.05, 0.1) is 6.61 Å². The van der Waals surface area contributed by atoms with Crippen LogP contribution in [0.5, 0.6) is 5.75 Å². The van der Waals surface area contributed by atoms with Gasteiger partial charge >= 0.3 is 0 Å². The summed E-state index contributed by atoms with van der Waals surface area (Å²) in [5.41, 5.74) is 0. The van der Waals surface area contributed by atoms with Gasteiger partial charge in [-0.1, -0.05) is 36.4 Å². The highest BCUT2D eigenvalue weighted by Gasteiger charge is 2.22. The Morgan fingerprint density at radius 2 is 2.04 bits per heavy atom. The van der Waals surface area contributed by atoms with Gasteiger partial charge in [-0.25, -0.2) is 0 Å². The molecule has 0 radical (unpaired) electrons. The van der Waals surface area contributed by atoms with Gasteiger partial charge in [-0.3, -0.25) is 4.79 Å².